The van der Waals surface area contributed by atoms with Crippen molar-refractivity contribution in [3.63, 3.8) is 0 Å². The number of hydrogen-bond donors (Lipinski definition) is 3. The molecule has 5 nitrogen and oxygen atoms in total. The quantitative estimate of drug-likeness (QED) is 0.645. The maximum Gasteiger partial charge on any atom is 0.303 e. The van der Waals surface area contributed by atoms with Gasteiger partial charge in [0.25, 0.3) is 0 Å². The van der Waals surface area contributed by atoms with E-state index in [-0.39, 0.29) is 18.9 Å². The molecule has 0 saturated heterocycles. The fourth-order valence-electron chi connectivity index (χ4n) is 1.63. The maximum atomic E-state index is 9.90. The number of aliphatic carboxylic acids is 2. The summed E-state index contributed by atoms with van der Waals surface area (Å²) in [4.78, 5) is 19.8. The van der Waals surface area contributed by atoms with Crippen molar-refractivity contribution >= 4 is 11.9 Å². The second-order valence-corrected chi connectivity index (χ2v) is 4.29. The Hall–Kier alpha value is -1.10. The number of unbranched alkanes of at least 4 members (excludes halogenated alkanes) is 1. The first-order chi connectivity index (χ1) is 8.02. The molecule has 0 aliphatic heterocycles. The molecule has 0 atom stereocenters. The van der Waals surface area contributed by atoms with Crippen molar-refractivity contribution in [1.82, 2.24) is 0 Å². The molecule has 0 aromatic rings. The van der Waals surface area contributed by atoms with E-state index in [1.807, 2.05) is 0 Å². The lowest BCUT2D eigenvalue weighted by Crippen LogP contribution is -2.09. The lowest BCUT2D eigenvalue weighted by molar-refractivity contribution is -0.139. The van der Waals surface area contributed by atoms with E-state index in [1.54, 1.807) is 0 Å². The average molecular weight is 246 g/mol. The molecule has 1 aliphatic carbocycles. The molecule has 0 bridgehead atoms. The molecule has 0 spiro atoms. The van der Waals surface area contributed by atoms with Crippen LogP contribution in [0.5, 0.6) is 0 Å². The maximum absolute atomic E-state index is 9.90. The summed E-state index contributed by atoms with van der Waals surface area (Å²) in [5.41, 5.74) is 0. The first-order valence-electron chi connectivity index (χ1n) is 6.14. The summed E-state index contributed by atoms with van der Waals surface area (Å²) in [5, 5.41) is 25.2. The molecule has 0 aromatic heterocycles. The number of aliphatic hydroxyl groups is 1. The molecule has 0 unspecified atom stereocenters. The predicted molar refractivity (Wildman–Crippen MR) is 62.8 cm³/mol. The highest BCUT2D eigenvalue weighted by Crippen LogP contribution is 2.16. The fraction of sp³-hybridized carbons (Fsp3) is 0.833. The molecule has 1 saturated carbocycles. The van der Waals surface area contributed by atoms with E-state index in [4.69, 9.17) is 15.3 Å². The standard InChI is InChI=1S/C6H10O4.C6H12O/c7-5(8)3-1-2-4-6(9)10;7-6-4-2-1-3-5-6/h1-4H2,(H,7,8)(H,9,10);6-7H,1-5H2. The number of aliphatic hydroxyl groups excluding tert-OH is 1. The van der Waals surface area contributed by atoms with Crippen LogP contribution in [0.1, 0.15) is 57.8 Å². The fourth-order valence-corrected chi connectivity index (χ4v) is 1.63. The van der Waals surface area contributed by atoms with E-state index in [9.17, 15) is 9.59 Å². The summed E-state index contributed by atoms with van der Waals surface area (Å²) in [6.07, 6.45) is 6.94. The Bertz CT molecular complexity index is 205. The monoisotopic (exact) mass is 246 g/mol. The molecule has 0 aromatic carbocycles. The molecule has 100 valence electrons. The molecule has 5 heteroatoms. The van der Waals surface area contributed by atoms with Crippen molar-refractivity contribution in [1.29, 1.82) is 0 Å². The van der Waals surface area contributed by atoms with Gasteiger partial charge in [0, 0.05) is 12.8 Å². The van der Waals surface area contributed by atoms with E-state index in [0.717, 1.165) is 12.8 Å². The van der Waals surface area contributed by atoms with E-state index >= 15 is 0 Å². The van der Waals surface area contributed by atoms with Gasteiger partial charge in [-0.25, -0.2) is 0 Å². The van der Waals surface area contributed by atoms with E-state index < -0.39 is 11.9 Å². The summed E-state index contributed by atoms with van der Waals surface area (Å²) >= 11 is 0. The van der Waals surface area contributed by atoms with Crippen LogP contribution in [0.3, 0.4) is 0 Å². The van der Waals surface area contributed by atoms with Crippen molar-refractivity contribution in [3.05, 3.63) is 0 Å². The molecule has 0 heterocycles. The molecule has 1 rings (SSSR count). The Morgan fingerprint density at radius 1 is 0.882 bits per heavy atom. The number of carboxylic acid groups (broad SMARTS) is 2. The van der Waals surface area contributed by atoms with Gasteiger partial charge in [0.1, 0.15) is 0 Å². The Morgan fingerprint density at radius 3 is 1.53 bits per heavy atom. The molecular formula is C12H22O5. The Morgan fingerprint density at radius 2 is 1.29 bits per heavy atom. The largest absolute Gasteiger partial charge is 0.481 e. The third kappa shape index (κ3) is 12.8. The zero-order valence-corrected chi connectivity index (χ0v) is 10.1. The van der Waals surface area contributed by atoms with E-state index in [1.165, 1.54) is 19.3 Å². The zero-order valence-electron chi connectivity index (χ0n) is 10.1. The molecule has 0 amide bonds. The topological polar surface area (TPSA) is 94.8 Å². The third-order valence-corrected chi connectivity index (χ3v) is 2.61. The summed E-state index contributed by atoms with van der Waals surface area (Å²) < 4.78 is 0. The Balaban J connectivity index is 0.000000318. The summed E-state index contributed by atoms with van der Waals surface area (Å²) in [6, 6.07) is 0. The van der Waals surface area contributed by atoms with Crippen molar-refractivity contribution in [2.75, 3.05) is 0 Å². The van der Waals surface area contributed by atoms with Gasteiger partial charge < -0.3 is 15.3 Å². The van der Waals surface area contributed by atoms with E-state index in [2.05, 4.69) is 0 Å². The van der Waals surface area contributed by atoms with Gasteiger partial charge >= 0.3 is 11.9 Å². The molecule has 3 N–H and O–H groups in total. The first kappa shape index (κ1) is 15.9. The van der Waals surface area contributed by atoms with Crippen molar-refractivity contribution < 1.29 is 24.9 Å². The van der Waals surface area contributed by atoms with Crippen molar-refractivity contribution in [2.45, 2.75) is 63.9 Å². The van der Waals surface area contributed by atoms with Gasteiger partial charge in [-0.05, 0) is 25.7 Å². The number of rotatable bonds is 5. The lowest BCUT2D eigenvalue weighted by atomic mass is 9.98. The Kier molecular flexibility index (Phi) is 9.43. The highest BCUT2D eigenvalue weighted by atomic mass is 16.4. The zero-order chi connectivity index (χ0) is 13.1. The summed E-state index contributed by atoms with van der Waals surface area (Å²) in [7, 11) is 0. The van der Waals surface area contributed by atoms with Crippen molar-refractivity contribution in [2.24, 2.45) is 0 Å². The highest BCUT2D eigenvalue weighted by Gasteiger charge is 2.07. The van der Waals surface area contributed by atoms with Crippen LogP contribution in [-0.2, 0) is 9.59 Å². The van der Waals surface area contributed by atoms with Gasteiger partial charge in [-0.1, -0.05) is 19.3 Å². The number of carbonyl (C=O) groups is 2. The van der Waals surface area contributed by atoms with Crippen LogP contribution >= 0.6 is 0 Å². The second-order valence-electron chi connectivity index (χ2n) is 4.29. The first-order valence-corrected chi connectivity index (χ1v) is 6.14. The average Bonchev–Trinajstić information content (AvgIpc) is 2.26. The van der Waals surface area contributed by atoms with Gasteiger partial charge in [0.2, 0.25) is 0 Å². The minimum absolute atomic E-state index is 0.0359. The smallest absolute Gasteiger partial charge is 0.303 e. The lowest BCUT2D eigenvalue weighted by Gasteiger charge is -2.14. The molecular weight excluding hydrogens is 224 g/mol. The number of hydrogen-bond acceptors (Lipinski definition) is 3. The van der Waals surface area contributed by atoms with Crippen LogP contribution in [0.4, 0.5) is 0 Å². The van der Waals surface area contributed by atoms with Crippen LogP contribution in [0.2, 0.25) is 0 Å². The van der Waals surface area contributed by atoms with E-state index in [0.29, 0.717) is 12.8 Å². The van der Waals surface area contributed by atoms with Gasteiger partial charge in [0.05, 0.1) is 6.10 Å². The van der Waals surface area contributed by atoms with Gasteiger partial charge in [-0.2, -0.15) is 0 Å². The number of carboxylic acids is 2. The van der Waals surface area contributed by atoms with Gasteiger partial charge in [0.15, 0.2) is 0 Å². The summed E-state index contributed by atoms with van der Waals surface area (Å²) in [6.45, 7) is 0. The second kappa shape index (κ2) is 10.1. The van der Waals surface area contributed by atoms with Crippen LogP contribution in [0, 0.1) is 0 Å². The van der Waals surface area contributed by atoms with Crippen LogP contribution in [0.25, 0.3) is 0 Å². The van der Waals surface area contributed by atoms with Gasteiger partial charge in [-0.15, -0.1) is 0 Å². The highest BCUT2D eigenvalue weighted by molar-refractivity contribution is 5.67. The molecule has 17 heavy (non-hydrogen) atoms. The molecule has 1 fully saturated rings. The Labute approximate surface area is 101 Å². The van der Waals surface area contributed by atoms with Crippen LogP contribution in [0.15, 0.2) is 0 Å². The molecule has 0 radical (unpaired) electrons. The predicted octanol–water partition coefficient (Wildman–Crippen LogP) is 2.03. The summed E-state index contributed by atoms with van der Waals surface area (Å²) in [5.74, 6) is -1.74. The minimum Gasteiger partial charge on any atom is -0.481 e. The molecule has 1 aliphatic rings. The van der Waals surface area contributed by atoms with Crippen LogP contribution in [-0.4, -0.2) is 33.4 Å². The van der Waals surface area contributed by atoms with Crippen LogP contribution < -0.4 is 0 Å². The van der Waals surface area contributed by atoms with Crippen molar-refractivity contribution in [3.8, 4) is 0 Å². The van der Waals surface area contributed by atoms with Gasteiger partial charge in [-0.3, -0.25) is 9.59 Å². The third-order valence-electron chi connectivity index (χ3n) is 2.61. The normalized spacial score (nSPS) is 15.8. The minimum atomic E-state index is -0.870. The SMILES string of the molecule is O=C(O)CCCCC(=O)O.OC1CCCCC1.